The first-order valence-electron chi connectivity index (χ1n) is 6.67. The van der Waals surface area contributed by atoms with E-state index in [0.717, 1.165) is 5.56 Å². The van der Waals surface area contributed by atoms with Crippen molar-refractivity contribution in [2.75, 3.05) is 13.7 Å². The molecule has 1 aliphatic heterocycles. The predicted molar refractivity (Wildman–Crippen MR) is 73.1 cm³/mol. The number of carboxylic acids is 1. The lowest BCUT2D eigenvalue weighted by molar-refractivity contribution is -0.154. The van der Waals surface area contributed by atoms with Gasteiger partial charge in [0.15, 0.2) is 6.10 Å². The number of rotatable bonds is 4. The summed E-state index contributed by atoms with van der Waals surface area (Å²) < 4.78 is 5.29. The number of carboxylic acid groups (broad SMARTS) is 1. The van der Waals surface area contributed by atoms with Gasteiger partial charge in [0.2, 0.25) is 0 Å². The molecule has 3 unspecified atom stereocenters. The highest BCUT2D eigenvalue weighted by atomic mass is 16.5. The van der Waals surface area contributed by atoms with Crippen LogP contribution in [0.2, 0.25) is 0 Å². The second-order valence-electron chi connectivity index (χ2n) is 5.11. The normalized spacial score (nSPS) is 23.6. The fraction of sp³-hybridized carbons (Fsp3) is 0.467. The van der Waals surface area contributed by atoms with Crippen molar-refractivity contribution in [1.29, 1.82) is 0 Å². The Balaban J connectivity index is 2.23. The van der Waals surface area contributed by atoms with Crippen LogP contribution in [0, 0.1) is 5.92 Å². The van der Waals surface area contributed by atoms with Crippen LogP contribution < -0.4 is 0 Å². The molecular weight excluding hydrogens is 258 g/mol. The molecule has 0 aliphatic carbocycles. The second-order valence-corrected chi connectivity index (χ2v) is 5.11. The summed E-state index contributed by atoms with van der Waals surface area (Å²) in [7, 11) is 1.46. The van der Waals surface area contributed by atoms with Gasteiger partial charge in [-0.05, 0) is 17.9 Å². The first-order valence-corrected chi connectivity index (χ1v) is 6.67. The van der Waals surface area contributed by atoms with Crippen LogP contribution in [-0.4, -0.2) is 41.6 Å². The molecule has 1 aliphatic rings. The Morgan fingerprint density at radius 3 is 2.55 bits per heavy atom. The maximum Gasteiger partial charge on any atom is 0.326 e. The number of methoxy groups -OCH3 is 1. The average molecular weight is 277 g/mol. The summed E-state index contributed by atoms with van der Waals surface area (Å²) in [4.78, 5) is 25.3. The Kier molecular flexibility index (Phi) is 4.39. The number of amides is 1. The molecule has 20 heavy (non-hydrogen) atoms. The van der Waals surface area contributed by atoms with Gasteiger partial charge >= 0.3 is 5.97 Å². The highest BCUT2D eigenvalue weighted by Gasteiger charge is 2.41. The molecule has 1 amide bonds. The maximum absolute atomic E-state index is 12.6. The van der Waals surface area contributed by atoms with Crippen LogP contribution in [0.4, 0.5) is 0 Å². The Labute approximate surface area is 118 Å². The van der Waals surface area contributed by atoms with Gasteiger partial charge in [-0.15, -0.1) is 0 Å². The molecule has 5 heteroatoms. The minimum atomic E-state index is -0.953. The number of hydrogen-bond donors (Lipinski definition) is 1. The van der Waals surface area contributed by atoms with Crippen molar-refractivity contribution >= 4 is 11.9 Å². The van der Waals surface area contributed by atoms with Crippen LogP contribution in [0.5, 0.6) is 0 Å². The Morgan fingerprint density at radius 2 is 2.00 bits per heavy atom. The van der Waals surface area contributed by atoms with Crippen molar-refractivity contribution in [2.24, 2.45) is 5.92 Å². The van der Waals surface area contributed by atoms with Crippen LogP contribution >= 0.6 is 0 Å². The van der Waals surface area contributed by atoms with E-state index >= 15 is 0 Å². The second kappa shape index (κ2) is 6.05. The molecule has 0 radical (unpaired) electrons. The number of benzene rings is 1. The van der Waals surface area contributed by atoms with E-state index in [0.29, 0.717) is 13.0 Å². The molecule has 3 atom stereocenters. The van der Waals surface area contributed by atoms with Crippen molar-refractivity contribution in [2.45, 2.75) is 25.5 Å². The molecular formula is C15H19NO4. The molecule has 1 aromatic rings. The van der Waals surface area contributed by atoms with Gasteiger partial charge in [0, 0.05) is 13.7 Å². The van der Waals surface area contributed by atoms with Crippen molar-refractivity contribution in [3.8, 4) is 0 Å². The molecule has 5 nitrogen and oxygen atoms in total. The number of nitrogens with zero attached hydrogens (tertiary/aromatic N) is 1. The molecule has 0 spiro atoms. The van der Waals surface area contributed by atoms with Gasteiger partial charge < -0.3 is 14.7 Å². The standard InChI is InChI=1S/C15H19NO4/c1-10-8-9-16(12(10)15(18)19)14(17)13(20-2)11-6-4-3-5-7-11/h3-7,10,12-13H,8-9H2,1-2H3,(H,18,19). The van der Waals surface area contributed by atoms with E-state index in [1.165, 1.54) is 12.0 Å². The summed E-state index contributed by atoms with van der Waals surface area (Å²) >= 11 is 0. The molecule has 0 saturated carbocycles. The smallest absolute Gasteiger partial charge is 0.326 e. The average Bonchev–Trinajstić information content (AvgIpc) is 2.82. The topological polar surface area (TPSA) is 66.8 Å². The molecule has 1 fully saturated rings. The van der Waals surface area contributed by atoms with Crippen LogP contribution in [0.3, 0.4) is 0 Å². The van der Waals surface area contributed by atoms with E-state index in [4.69, 9.17) is 4.74 Å². The van der Waals surface area contributed by atoms with Gasteiger partial charge in [0.05, 0.1) is 0 Å². The van der Waals surface area contributed by atoms with E-state index in [2.05, 4.69) is 0 Å². The summed E-state index contributed by atoms with van der Waals surface area (Å²) in [6, 6.07) is 8.37. The first-order chi connectivity index (χ1) is 9.56. The van der Waals surface area contributed by atoms with Crippen molar-refractivity contribution in [1.82, 2.24) is 4.90 Å². The summed E-state index contributed by atoms with van der Waals surface area (Å²) in [5.41, 5.74) is 0.740. The monoisotopic (exact) mass is 277 g/mol. The third kappa shape index (κ3) is 2.67. The molecule has 2 rings (SSSR count). The van der Waals surface area contributed by atoms with Crippen LogP contribution in [0.15, 0.2) is 30.3 Å². The van der Waals surface area contributed by atoms with Gasteiger partial charge in [-0.3, -0.25) is 4.79 Å². The summed E-state index contributed by atoms with van der Waals surface area (Å²) in [6.45, 7) is 2.32. The van der Waals surface area contributed by atoms with Crippen molar-refractivity contribution in [3.05, 3.63) is 35.9 Å². The SMILES string of the molecule is COC(C(=O)N1CCC(C)C1C(=O)O)c1ccccc1. The van der Waals surface area contributed by atoms with E-state index in [1.54, 1.807) is 12.1 Å². The zero-order chi connectivity index (χ0) is 14.7. The highest BCUT2D eigenvalue weighted by molar-refractivity contribution is 5.88. The fourth-order valence-corrected chi connectivity index (χ4v) is 2.73. The first kappa shape index (κ1) is 14.5. The third-order valence-corrected chi connectivity index (χ3v) is 3.80. The molecule has 1 N–H and O–H groups in total. The maximum atomic E-state index is 12.6. The molecule has 1 saturated heterocycles. The number of hydrogen-bond acceptors (Lipinski definition) is 3. The summed E-state index contributed by atoms with van der Waals surface area (Å²) in [5, 5.41) is 9.29. The number of aliphatic carboxylic acids is 1. The number of carbonyl (C=O) groups is 2. The quantitative estimate of drug-likeness (QED) is 0.909. The zero-order valence-electron chi connectivity index (χ0n) is 11.7. The van der Waals surface area contributed by atoms with E-state index in [9.17, 15) is 14.7 Å². The van der Waals surface area contributed by atoms with Gasteiger partial charge in [-0.25, -0.2) is 4.79 Å². The lowest BCUT2D eigenvalue weighted by Gasteiger charge is -2.27. The largest absolute Gasteiger partial charge is 0.480 e. The van der Waals surface area contributed by atoms with Crippen LogP contribution in [0.25, 0.3) is 0 Å². The van der Waals surface area contributed by atoms with Crippen LogP contribution in [-0.2, 0) is 14.3 Å². The molecule has 1 heterocycles. The van der Waals surface area contributed by atoms with Gasteiger partial charge in [0.1, 0.15) is 6.04 Å². The Morgan fingerprint density at radius 1 is 1.35 bits per heavy atom. The van der Waals surface area contributed by atoms with Gasteiger partial charge in [-0.2, -0.15) is 0 Å². The third-order valence-electron chi connectivity index (χ3n) is 3.80. The van der Waals surface area contributed by atoms with Gasteiger partial charge in [0.25, 0.3) is 5.91 Å². The highest BCUT2D eigenvalue weighted by Crippen LogP contribution is 2.29. The number of likely N-dealkylation sites (tertiary alicyclic amines) is 1. The molecule has 0 bridgehead atoms. The van der Waals surface area contributed by atoms with Crippen LogP contribution in [0.1, 0.15) is 25.0 Å². The van der Waals surface area contributed by atoms with Gasteiger partial charge in [-0.1, -0.05) is 37.3 Å². The molecule has 0 aromatic heterocycles. The summed E-state index contributed by atoms with van der Waals surface area (Å²) in [6.07, 6.45) is -0.0446. The minimum absolute atomic E-state index is 0.0373. The van der Waals surface area contributed by atoms with E-state index in [1.807, 2.05) is 25.1 Å². The Bertz CT molecular complexity index is 488. The minimum Gasteiger partial charge on any atom is -0.480 e. The lowest BCUT2D eigenvalue weighted by atomic mass is 10.0. The molecule has 1 aromatic carbocycles. The fourth-order valence-electron chi connectivity index (χ4n) is 2.73. The number of carbonyl (C=O) groups excluding carboxylic acids is 1. The van der Waals surface area contributed by atoms with E-state index in [-0.39, 0.29) is 11.8 Å². The van der Waals surface area contributed by atoms with E-state index < -0.39 is 18.1 Å². The van der Waals surface area contributed by atoms with Crippen molar-refractivity contribution < 1.29 is 19.4 Å². The number of ether oxygens (including phenoxy) is 1. The summed E-state index contributed by atoms with van der Waals surface area (Å²) in [5.74, 6) is -1.27. The zero-order valence-corrected chi connectivity index (χ0v) is 11.7. The predicted octanol–water partition coefficient (Wildman–Crippen LogP) is 1.70. The molecule has 108 valence electrons. The lowest BCUT2D eigenvalue weighted by Crippen LogP contribution is -2.45. The Hall–Kier alpha value is -1.88. The van der Waals surface area contributed by atoms with Crippen molar-refractivity contribution in [3.63, 3.8) is 0 Å².